The van der Waals surface area contributed by atoms with Crippen molar-refractivity contribution in [2.45, 2.75) is 19.4 Å². The van der Waals surface area contributed by atoms with Gasteiger partial charge in [0.25, 0.3) is 0 Å². The van der Waals surface area contributed by atoms with Gasteiger partial charge in [-0.25, -0.2) is 4.39 Å². The van der Waals surface area contributed by atoms with Crippen LogP contribution in [0.3, 0.4) is 0 Å². The van der Waals surface area contributed by atoms with Crippen LogP contribution in [0.15, 0.2) is 18.2 Å². The number of anilines is 1. The van der Waals surface area contributed by atoms with Gasteiger partial charge in [-0.1, -0.05) is 6.07 Å². The first kappa shape index (κ1) is 10.1. The number of benzene rings is 1. The third kappa shape index (κ3) is 1.72. The first-order valence-electron chi connectivity index (χ1n) is 4.95. The van der Waals surface area contributed by atoms with Crippen molar-refractivity contribution in [3.8, 4) is 0 Å². The molecule has 0 fully saturated rings. The quantitative estimate of drug-likeness (QED) is 0.750. The largest absolute Gasteiger partial charge is 0.320 e. The van der Waals surface area contributed by atoms with Crippen molar-refractivity contribution in [2.75, 3.05) is 11.4 Å². The lowest BCUT2D eigenvalue weighted by Crippen LogP contribution is -2.41. The van der Waals surface area contributed by atoms with E-state index in [4.69, 9.17) is 5.73 Å². The maximum Gasteiger partial charge on any atom is 0.243 e. The first-order valence-corrected chi connectivity index (χ1v) is 4.95. The van der Waals surface area contributed by atoms with Gasteiger partial charge < -0.3 is 10.6 Å². The molecule has 2 N–H and O–H groups in total. The lowest BCUT2D eigenvalue weighted by molar-refractivity contribution is -0.119. The van der Waals surface area contributed by atoms with Crippen molar-refractivity contribution in [3.63, 3.8) is 0 Å². The Hall–Kier alpha value is -1.42. The summed E-state index contributed by atoms with van der Waals surface area (Å²) in [5.74, 6) is -0.475. The van der Waals surface area contributed by atoms with E-state index in [1.165, 1.54) is 12.1 Å². The standard InChI is InChI=1S/C11H13FN2O/c1-7(13)11(15)14-5-4-8-2-3-9(12)6-10(8)14/h2-3,6-7H,4-5,13H2,1H3/t7-/m1/s1. The Bertz CT molecular complexity index is 404. The molecule has 0 saturated heterocycles. The minimum absolute atomic E-state index is 0.153. The molecule has 0 radical (unpaired) electrons. The molecule has 1 aliphatic rings. The number of fused-ring (bicyclic) bond motifs is 1. The molecule has 80 valence electrons. The summed E-state index contributed by atoms with van der Waals surface area (Å²) in [5.41, 5.74) is 7.20. The van der Waals surface area contributed by atoms with Gasteiger partial charge in [-0.2, -0.15) is 0 Å². The Morgan fingerprint density at radius 1 is 1.60 bits per heavy atom. The smallest absolute Gasteiger partial charge is 0.243 e. The zero-order valence-electron chi connectivity index (χ0n) is 8.53. The fourth-order valence-corrected chi connectivity index (χ4v) is 1.83. The number of amides is 1. The zero-order chi connectivity index (χ0) is 11.0. The van der Waals surface area contributed by atoms with Crippen molar-refractivity contribution in [2.24, 2.45) is 5.73 Å². The van der Waals surface area contributed by atoms with Gasteiger partial charge in [0, 0.05) is 12.2 Å². The molecule has 2 rings (SSSR count). The number of carbonyl (C=O) groups is 1. The van der Waals surface area contributed by atoms with Gasteiger partial charge in [0.1, 0.15) is 5.82 Å². The van der Waals surface area contributed by atoms with E-state index in [-0.39, 0.29) is 11.7 Å². The van der Waals surface area contributed by atoms with Crippen LogP contribution >= 0.6 is 0 Å². The summed E-state index contributed by atoms with van der Waals surface area (Å²) in [5, 5.41) is 0. The van der Waals surface area contributed by atoms with E-state index in [2.05, 4.69) is 0 Å². The summed E-state index contributed by atoms with van der Waals surface area (Å²) < 4.78 is 13.0. The molecule has 1 heterocycles. The van der Waals surface area contributed by atoms with Crippen LogP contribution in [-0.4, -0.2) is 18.5 Å². The Kier molecular flexibility index (Phi) is 2.44. The lowest BCUT2D eigenvalue weighted by atomic mass is 10.1. The molecule has 1 aromatic rings. The third-order valence-electron chi connectivity index (χ3n) is 2.60. The molecule has 3 nitrogen and oxygen atoms in total. The number of nitrogens with two attached hydrogens (primary N) is 1. The summed E-state index contributed by atoms with van der Waals surface area (Å²) in [6.07, 6.45) is 0.772. The van der Waals surface area contributed by atoms with Gasteiger partial charge in [0.15, 0.2) is 0 Å². The van der Waals surface area contributed by atoms with Crippen LogP contribution in [0.2, 0.25) is 0 Å². The highest BCUT2D eigenvalue weighted by molar-refractivity contribution is 5.98. The summed E-state index contributed by atoms with van der Waals surface area (Å²) >= 11 is 0. The highest BCUT2D eigenvalue weighted by Gasteiger charge is 2.26. The number of rotatable bonds is 1. The van der Waals surface area contributed by atoms with E-state index in [9.17, 15) is 9.18 Å². The van der Waals surface area contributed by atoms with Crippen molar-refractivity contribution in [1.29, 1.82) is 0 Å². The van der Waals surface area contributed by atoms with Crippen molar-refractivity contribution in [3.05, 3.63) is 29.6 Å². The number of nitrogens with zero attached hydrogens (tertiary/aromatic N) is 1. The van der Waals surface area contributed by atoms with Crippen LogP contribution in [-0.2, 0) is 11.2 Å². The zero-order valence-corrected chi connectivity index (χ0v) is 8.53. The molecule has 1 aromatic carbocycles. The SMILES string of the molecule is C[C@@H](N)C(=O)N1CCc2ccc(F)cc21. The second-order valence-corrected chi connectivity index (χ2v) is 3.80. The molecular formula is C11H13FN2O. The van der Waals surface area contributed by atoms with Gasteiger partial charge in [-0.05, 0) is 31.0 Å². The van der Waals surface area contributed by atoms with Crippen molar-refractivity contribution < 1.29 is 9.18 Å². The Balaban J connectivity index is 2.35. The van der Waals surface area contributed by atoms with Crippen molar-refractivity contribution in [1.82, 2.24) is 0 Å². The van der Waals surface area contributed by atoms with E-state index in [0.29, 0.717) is 12.2 Å². The van der Waals surface area contributed by atoms with Crippen LogP contribution in [0, 0.1) is 5.82 Å². The number of hydrogen-bond donors (Lipinski definition) is 1. The van der Waals surface area contributed by atoms with Crippen LogP contribution < -0.4 is 10.6 Å². The summed E-state index contributed by atoms with van der Waals surface area (Å²) in [7, 11) is 0. The maximum absolute atomic E-state index is 13.0. The van der Waals surface area contributed by atoms with E-state index < -0.39 is 6.04 Å². The normalized spacial score (nSPS) is 16.3. The maximum atomic E-state index is 13.0. The molecule has 1 atom stereocenters. The van der Waals surface area contributed by atoms with E-state index >= 15 is 0 Å². The van der Waals surface area contributed by atoms with Gasteiger partial charge in [0.2, 0.25) is 5.91 Å². The fourth-order valence-electron chi connectivity index (χ4n) is 1.83. The summed E-state index contributed by atoms with van der Waals surface area (Å²) in [4.78, 5) is 13.3. The molecule has 15 heavy (non-hydrogen) atoms. The third-order valence-corrected chi connectivity index (χ3v) is 2.60. The highest BCUT2D eigenvalue weighted by atomic mass is 19.1. The molecule has 1 amide bonds. The average Bonchev–Trinajstić information content (AvgIpc) is 2.59. The van der Waals surface area contributed by atoms with Gasteiger partial charge in [-0.3, -0.25) is 4.79 Å². The summed E-state index contributed by atoms with van der Waals surface area (Å²) in [6.45, 7) is 2.23. The fraction of sp³-hybridized carbons (Fsp3) is 0.364. The predicted molar refractivity (Wildman–Crippen MR) is 56.1 cm³/mol. The molecular weight excluding hydrogens is 195 g/mol. The Labute approximate surface area is 87.7 Å². The van der Waals surface area contributed by atoms with Crippen LogP contribution in [0.4, 0.5) is 10.1 Å². The molecule has 4 heteroatoms. The number of hydrogen-bond acceptors (Lipinski definition) is 2. The van der Waals surface area contributed by atoms with Crippen LogP contribution in [0.5, 0.6) is 0 Å². The van der Waals surface area contributed by atoms with E-state index in [1.807, 2.05) is 0 Å². The highest BCUT2D eigenvalue weighted by Crippen LogP contribution is 2.28. The van der Waals surface area contributed by atoms with Crippen molar-refractivity contribution >= 4 is 11.6 Å². The Morgan fingerprint density at radius 3 is 3.00 bits per heavy atom. The van der Waals surface area contributed by atoms with Crippen LogP contribution in [0.1, 0.15) is 12.5 Å². The first-order chi connectivity index (χ1) is 7.09. The molecule has 1 aliphatic heterocycles. The average molecular weight is 208 g/mol. The van der Waals surface area contributed by atoms with Gasteiger partial charge in [0.05, 0.1) is 6.04 Å². The van der Waals surface area contributed by atoms with Crippen LogP contribution in [0.25, 0.3) is 0 Å². The van der Waals surface area contributed by atoms with Gasteiger partial charge in [-0.15, -0.1) is 0 Å². The van der Waals surface area contributed by atoms with Gasteiger partial charge >= 0.3 is 0 Å². The van der Waals surface area contributed by atoms with E-state index in [1.54, 1.807) is 17.9 Å². The lowest BCUT2D eigenvalue weighted by Gasteiger charge is -2.19. The number of halogens is 1. The minimum atomic E-state index is -0.542. The molecule has 0 aromatic heterocycles. The summed E-state index contributed by atoms with van der Waals surface area (Å²) in [6, 6.07) is 3.99. The molecule has 0 spiro atoms. The molecule has 0 unspecified atom stereocenters. The minimum Gasteiger partial charge on any atom is -0.320 e. The second kappa shape index (κ2) is 3.62. The second-order valence-electron chi connectivity index (χ2n) is 3.80. The molecule has 0 aliphatic carbocycles. The Morgan fingerprint density at radius 2 is 2.33 bits per heavy atom. The number of carbonyl (C=O) groups excluding carboxylic acids is 1. The molecule has 0 saturated carbocycles. The topological polar surface area (TPSA) is 46.3 Å². The monoisotopic (exact) mass is 208 g/mol. The predicted octanol–water partition coefficient (Wildman–Crippen LogP) is 1.06. The molecule has 0 bridgehead atoms. The van der Waals surface area contributed by atoms with E-state index in [0.717, 1.165) is 12.0 Å².